The van der Waals surface area contributed by atoms with E-state index in [4.69, 9.17) is 4.74 Å². The monoisotopic (exact) mass is 373 g/mol. The van der Waals surface area contributed by atoms with Crippen molar-refractivity contribution in [3.63, 3.8) is 0 Å². The molecule has 1 aromatic rings. The van der Waals surface area contributed by atoms with Crippen LogP contribution in [0.5, 0.6) is 0 Å². The number of anilines is 1. The highest BCUT2D eigenvalue weighted by atomic mass is 16.6. The van der Waals surface area contributed by atoms with Crippen LogP contribution < -0.4 is 4.90 Å². The third-order valence-corrected chi connectivity index (χ3v) is 5.81. The Labute approximate surface area is 162 Å². The summed E-state index contributed by atoms with van der Waals surface area (Å²) in [6, 6.07) is 7.89. The number of rotatable bonds is 5. The summed E-state index contributed by atoms with van der Waals surface area (Å²) in [6.07, 6.45) is 3.23. The first-order valence-corrected chi connectivity index (χ1v) is 9.92. The van der Waals surface area contributed by atoms with Gasteiger partial charge in [0, 0.05) is 51.8 Å². The Kier molecular flexibility index (Phi) is 5.63. The number of hydrogen-bond acceptors (Lipinski definition) is 4. The summed E-state index contributed by atoms with van der Waals surface area (Å²) >= 11 is 0. The first-order valence-electron chi connectivity index (χ1n) is 9.92. The number of hydrogen-bond donors (Lipinski definition) is 0. The minimum absolute atomic E-state index is 0.0506. The fourth-order valence-corrected chi connectivity index (χ4v) is 4.15. The molecule has 27 heavy (non-hydrogen) atoms. The van der Waals surface area contributed by atoms with Gasteiger partial charge < -0.3 is 19.4 Å². The van der Waals surface area contributed by atoms with Gasteiger partial charge in [0.05, 0.1) is 12.1 Å². The average molecular weight is 373 g/mol. The van der Waals surface area contributed by atoms with E-state index in [1.807, 2.05) is 53.1 Å². The van der Waals surface area contributed by atoms with Crippen LogP contribution in [0.25, 0.3) is 0 Å². The van der Waals surface area contributed by atoms with E-state index >= 15 is 0 Å². The maximum Gasteiger partial charge on any atom is 0.410 e. The van der Waals surface area contributed by atoms with Gasteiger partial charge in [-0.15, -0.1) is 0 Å². The van der Waals surface area contributed by atoms with E-state index < -0.39 is 5.60 Å². The van der Waals surface area contributed by atoms with Crippen molar-refractivity contribution in [2.45, 2.75) is 51.2 Å². The second kappa shape index (κ2) is 7.79. The van der Waals surface area contributed by atoms with Crippen LogP contribution in [-0.2, 0) is 4.74 Å². The van der Waals surface area contributed by atoms with Crippen molar-refractivity contribution in [1.29, 1.82) is 0 Å². The second-order valence-electron chi connectivity index (χ2n) is 8.02. The van der Waals surface area contributed by atoms with E-state index in [0.29, 0.717) is 32.5 Å². The number of likely N-dealkylation sites (tertiary alicyclic amines) is 1. The normalized spacial score (nSPS) is 19.9. The Hall–Kier alpha value is -2.24. The van der Waals surface area contributed by atoms with Crippen molar-refractivity contribution < 1.29 is 14.3 Å². The van der Waals surface area contributed by atoms with Crippen LogP contribution in [-0.4, -0.2) is 67.2 Å². The predicted molar refractivity (Wildman–Crippen MR) is 106 cm³/mol. The first-order chi connectivity index (χ1) is 12.9. The summed E-state index contributed by atoms with van der Waals surface area (Å²) in [5, 5.41) is 0. The highest BCUT2D eigenvalue weighted by Crippen LogP contribution is 2.35. The minimum atomic E-state index is -0.434. The topological polar surface area (TPSA) is 53.1 Å². The molecule has 0 aromatic heterocycles. The van der Waals surface area contributed by atoms with Gasteiger partial charge in [-0.05, 0) is 25.5 Å². The molecule has 2 heterocycles. The van der Waals surface area contributed by atoms with Gasteiger partial charge >= 0.3 is 6.09 Å². The third kappa shape index (κ3) is 3.89. The highest BCUT2D eigenvalue weighted by molar-refractivity contribution is 5.99. The summed E-state index contributed by atoms with van der Waals surface area (Å²) in [5.74, 6) is 0.0506. The summed E-state index contributed by atoms with van der Waals surface area (Å²) in [5.41, 5.74) is 1.21. The molecule has 148 valence electrons. The molecule has 1 atom stereocenters. The number of carbonyl (C=O) groups is 2. The number of piperidine rings is 1. The van der Waals surface area contributed by atoms with Crippen LogP contribution in [0.2, 0.25) is 0 Å². The lowest BCUT2D eigenvalue weighted by Gasteiger charge is -2.38. The van der Waals surface area contributed by atoms with Gasteiger partial charge in [0.15, 0.2) is 0 Å². The number of nitrogens with zero attached hydrogens (tertiary/aromatic N) is 3. The van der Waals surface area contributed by atoms with Crippen molar-refractivity contribution in [3.8, 4) is 0 Å². The Bertz CT molecular complexity index is 696. The van der Waals surface area contributed by atoms with E-state index in [-0.39, 0.29) is 18.0 Å². The van der Waals surface area contributed by atoms with Gasteiger partial charge in [-0.1, -0.05) is 25.5 Å². The van der Waals surface area contributed by atoms with Crippen molar-refractivity contribution in [3.05, 3.63) is 29.8 Å². The zero-order chi connectivity index (χ0) is 19.6. The lowest BCUT2D eigenvalue weighted by Crippen LogP contribution is -2.49. The van der Waals surface area contributed by atoms with Gasteiger partial charge in [0.2, 0.25) is 0 Å². The average Bonchev–Trinajstić information content (AvgIpc) is 2.98. The standard InChI is InChI=1S/C21H31N3O3/c1-5-8-16(2)24-15-21(27-20(24)26)11-13-23(14-12-21)19(25)17-9-6-7-10-18(17)22(3)4/h6-7,9-10,16H,5,8,11-15H2,1-4H3/t16-/m1/s1. The second-order valence-corrected chi connectivity index (χ2v) is 8.02. The lowest BCUT2D eigenvalue weighted by atomic mass is 9.90. The van der Waals surface area contributed by atoms with Crippen molar-refractivity contribution in [2.24, 2.45) is 0 Å². The molecule has 6 heteroatoms. The Morgan fingerprint density at radius 3 is 2.56 bits per heavy atom. The molecule has 2 amide bonds. The molecule has 0 saturated carbocycles. The van der Waals surface area contributed by atoms with Gasteiger partial charge in [0.25, 0.3) is 5.91 Å². The van der Waals surface area contributed by atoms with Crippen LogP contribution >= 0.6 is 0 Å². The summed E-state index contributed by atoms with van der Waals surface area (Å²) in [4.78, 5) is 31.1. The van der Waals surface area contributed by atoms with Crippen LogP contribution in [0.3, 0.4) is 0 Å². The van der Waals surface area contributed by atoms with Crippen LogP contribution in [0, 0.1) is 0 Å². The molecule has 0 bridgehead atoms. The SMILES string of the molecule is CCC[C@@H](C)N1CC2(CCN(C(=O)c3ccccc3N(C)C)CC2)OC1=O. The molecule has 2 fully saturated rings. The highest BCUT2D eigenvalue weighted by Gasteiger charge is 2.48. The number of para-hydroxylation sites is 1. The molecule has 3 rings (SSSR count). The summed E-state index contributed by atoms with van der Waals surface area (Å²) in [7, 11) is 3.89. The molecule has 0 radical (unpaired) electrons. The first kappa shape index (κ1) is 19.5. The van der Waals surface area contributed by atoms with E-state index in [0.717, 1.165) is 24.1 Å². The quantitative estimate of drug-likeness (QED) is 0.794. The third-order valence-electron chi connectivity index (χ3n) is 5.81. The summed E-state index contributed by atoms with van der Waals surface area (Å²) in [6.45, 7) is 6.08. The zero-order valence-electron chi connectivity index (χ0n) is 16.9. The molecule has 2 saturated heterocycles. The lowest BCUT2D eigenvalue weighted by molar-refractivity contribution is 0.00309. The molecule has 0 aliphatic carbocycles. The van der Waals surface area contributed by atoms with Gasteiger partial charge in [-0.2, -0.15) is 0 Å². The van der Waals surface area contributed by atoms with E-state index in [1.165, 1.54) is 0 Å². The predicted octanol–water partition coefficient (Wildman–Crippen LogP) is 3.37. The maximum absolute atomic E-state index is 13.0. The van der Waals surface area contributed by atoms with Gasteiger partial charge in [-0.3, -0.25) is 4.79 Å². The fourth-order valence-electron chi connectivity index (χ4n) is 4.15. The van der Waals surface area contributed by atoms with E-state index in [9.17, 15) is 9.59 Å². The molecule has 2 aliphatic heterocycles. The number of carbonyl (C=O) groups excluding carboxylic acids is 2. The number of ether oxygens (including phenoxy) is 1. The molecular formula is C21H31N3O3. The van der Waals surface area contributed by atoms with Crippen molar-refractivity contribution in [1.82, 2.24) is 9.80 Å². The molecule has 1 spiro atoms. The van der Waals surface area contributed by atoms with Crippen LogP contribution in [0.1, 0.15) is 49.9 Å². The molecule has 0 unspecified atom stereocenters. The van der Waals surface area contributed by atoms with Crippen LogP contribution in [0.15, 0.2) is 24.3 Å². The van der Waals surface area contributed by atoms with Gasteiger partial charge in [0.1, 0.15) is 5.60 Å². The minimum Gasteiger partial charge on any atom is -0.441 e. The maximum atomic E-state index is 13.0. The zero-order valence-corrected chi connectivity index (χ0v) is 16.9. The smallest absolute Gasteiger partial charge is 0.410 e. The molecule has 0 N–H and O–H groups in total. The molecule has 6 nitrogen and oxygen atoms in total. The Balaban J connectivity index is 1.66. The number of amides is 2. The largest absolute Gasteiger partial charge is 0.441 e. The fraction of sp³-hybridized carbons (Fsp3) is 0.619. The van der Waals surface area contributed by atoms with Crippen LogP contribution in [0.4, 0.5) is 10.5 Å². The molecular weight excluding hydrogens is 342 g/mol. The van der Waals surface area contributed by atoms with Crippen molar-refractivity contribution >= 4 is 17.7 Å². The van der Waals surface area contributed by atoms with Crippen molar-refractivity contribution in [2.75, 3.05) is 38.6 Å². The summed E-state index contributed by atoms with van der Waals surface area (Å²) < 4.78 is 5.81. The van der Waals surface area contributed by atoms with E-state index in [1.54, 1.807) is 0 Å². The molecule has 1 aromatic carbocycles. The van der Waals surface area contributed by atoms with E-state index in [2.05, 4.69) is 13.8 Å². The Morgan fingerprint density at radius 1 is 1.26 bits per heavy atom. The van der Waals surface area contributed by atoms with Gasteiger partial charge in [-0.25, -0.2) is 4.79 Å². The Morgan fingerprint density at radius 2 is 1.93 bits per heavy atom. The molecule has 2 aliphatic rings. The number of benzene rings is 1.